The summed E-state index contributed by atoms with van der Waals surface area (Å²) < 4.78 is 23.5. The summed E-state index contributed by atoms with van der Waals surface area (Å²) >= 11 is 0. The zero-order valence-corrected chi connectivity index (χ0v) is 11.6. The fraction of sp³-hybridized carbons (Fsp3) is 0.200. The van der Waals surface area contributed by atoms with Gasteiger partial charge in [0.1, 0.15) is 11.6 Å². The summed E-state index contributed by atoms with van der Waals surface area (Å²) in [6.07, 6.45) is 0. The van der Waals surface area contributed by atoms with E-state index < -0.39 is 11.8 Å². The number of hydrogen-bond donors (Lipinski definition) is 1. The predicted octanol–water partition coefficient (Wildman–Crippen LogP) is 3.00. The molecule has 1 N–H and O–H groups in total. The summed E-state index contributed by atoms with van der Waals surface area (Å²) in [4.78, 5) is 11.3. The van der Waals surface area contributed by atoms with Gasteiger partial charge in [-0.3, -0.25) is 0 Å². The average Bonchev–Trinajstić information content (AvgIpc) is 2.96. The third kappa shape index (κ3) is 3.20. The highest BCUT2D eigenvalue weighted by Gasteiger charge is 2.12. The van der Waals surface area contributed by atoms with E-state index in [1.807, 2.05) is 6.07 Å². The number of rotatable bonds is 4. The smallest absolute Gasteiger partial charge is 0.373 e. The molecule has 0 saturated heterocycles. The zero-order chi connectivity index (χ0) is 15.4. The molecule has 0 atom stereocenters. The summed E-state index contributed by atoms with van der Waals surface area (Å²) in [7, 11) is 1.27. The molecule has 108 valence electrons. The van der Waals surface area contributed by atoms with Crippen LogP contribution in [0.25, 0.3) is 0 Å². The van der Waals surface area contributed by atoms with E-state index in [9.17, 15) is 9.18 Å². The molecule has 0 amide bonds. The van der Waals surface area contributed by atoms with Gasteiger partial charge in [0.25, 0.3) is 0 Å². The van der Waals surface area contributed by atoms with Crippen molar-refractivity contribution in [3.05, 3.63) is 52.7 Å². The van der Waals surface area contributed by atoms with Crippen LogP contribution in [-0.4, -0.2) is 13.1 Å². The molecule has 0 spiro atoms. The normalized spacial score (nSPS) is 10.0. The summed E-state index contributed by atoms with van der Waals surface area (Å²) in [5.41, 5.74) is 1.15. The number of carbonyl (C=O) groups excluding carboxylic acids is 1. The second-order valence-electron chi connectivity index (χ2n) is 4.35. The van der Waals surface area contributed by atoms with E-state index >= 15 is 0 Å². The zero-order valence-electron chi connectivity index (χ0n) is 11.6. The van der Waals surface area contributed by atoms with Gasteiger partial charge in [-0.1, -0.05) is 0 Å². The first-order valence-electron chi connectivity index (χ1n) is 6.16. The van der Waals surface area contributed by atoms with Crippen LogP contribution in [0.15, 0.2) is 28.7 Å². The van der Waals surface area contributed by atoms with E-state index in [2.05, 4.69) is 10.1 Å². The number of benzene rings is 1. The molecule has 0 unspecified atom stereocenters. The van der Waals surface area contributed by atoms with E-state index in [1.54, 1.807) is 19.1 Å². The van der Waals surface area contributed by atoms with Gasteiger partial charge in [0.05, 0.1) is 25.3 Å². The van der Waals surface area contributed by atoms with Crippen LogP contribution in [0.5, 0.6) is 0 Å². The Balaban J connectivity index is 2.13. The lowest BCUT2D eigenvalue weighted by molar-refractivity contribution is 0.0563. The van der Waals surface area contributed by atoms with Gasteiger partial charge in [-0.2, -0.15) is 5.26 Å². The molecule has 5 nitrogen and oxygen atoms in total. The van der Waals surface area contributed by atoms with Gasteiger partial charge in [-0.15, -0.1) is 0 Å². The van der Waals surface area contributed by atoms with Crippen molar-refractivity contribution in [2.75, 3.05) is 12.4 Å². The van der Waals surface area contributed by atoms with Crippen molar-refractivity contribution in [1.29, 1.82) is 5.26 Å². The Morgan fingerprint density at radius 1 is 1.48 bits per heavy atom. The van der Waals surface area contributed by atoms with Gasteiger partial charge >= 0.3 is 5.97 Å². The third-order valence-electron chi connectivity index (χ3n) is 2.97. The molecule has 1 aromatic heterocycles. The first-order valence-corrected chi connectivity index (χ1v) is 6.16. The lowest BCUT2D eigenvalue weighted by Gasteiger charge is -2.09. The second-order valence-corrected chi connectivity index (χ2v) is 4.35. The van der Waals surface area contributed by atoms with Gasteiger partial charge in [-0.05, 0) is 31.2 Å². The molecular weight excluding hydrogens is 275 g/mol. The molecule has 0 aliphatic carbocycles. The van der Waals surface area contributed by atoms with Crippen LogP contribution in [0.3, 0.4) is 0 Å². The van der Waals surface area contributed by atoms with Crippen LogP contribution in [0.1, 0.15) is 27.4 Å². The van der Waals surface area contributed by atoms with Crippen LogP contribution >= 0.6 is 0 Å². The number of halogens is 1. The van der Waals surface area contributed by atoms with Gasteiger partial charge in [-0.25, -0.2) is 9.18 Å². The van der Waals surface area contributed by atoms with Crippen LogP contribution in [0.2, 0.25) is 0 Å². The number of esters is 1. The Morgan fingerprint density at radius 3 is 2.90 bits per heavy atom. The molecule has 0 bridgehead atoms. The highest BCUT2D eigenvalue weighted by molar-refractivity contribution is 5.86. The van der Waals surface area contributed by atoms with Crippen molar-refractivity contribution < 1.29 is 18.3 Å². The molecule has 0 radical (unpaired) electrons. The fourth-order valence-electron chi connectivity index (χ4n) is 1.79. The maximum absolute atomic E-state index is 13.6. The number of methoxy groups -OCH3 is 1. The Hall–Kier alpha value is -2.81. The Morgan fingerprint density at radius 2 is 2.24 bits per heavy atom. The minimum atomic E-state index is -0.560. The third-order valence-corrected chi connectivity index (χ3v) is 2.97. The molecule has 0 aliphatic heterocycles. The van der Waals surface area contributed by atoms with E-state index in [0.29, 0.717) is 17.0 Å². The van der Waals surface area contributed by atoms with E-state index in [4.69, 9.17) is 9.68 Å². The van der Waals surface area contributed by atoms with Gasteiger partial charge in [0.2, 0.25) is 5.76 Å². The summed E-state index contributed by atoms with van der Waals surface area (Å²) in [6.45, 7) is 1.87. The number of ether oxygens (including phenoxy) is 1. The maximum Gasteiger partial charge on any atom is 0.373 e. The van der Waals surface area contributed by atoms with Crippen LogP contribution in [0.4, 0.5) is 10.1 Å². The Kier molecular flexibility index (Phi) is 4.24. The quantitative estimate of drug-likeness (QED) is 0.875. The largest absolute Gasteiger partial charge is 0.463 e. The molecule has 0 aliphatic rings. The van der Waals surface area contributed by atoms with E-state index in [0.717, 1.165) is 0 Å². The number of anilines is 1. The molecular formula is C15H13FN2O3. The SMILES string of the molecule is COC(=O)c1ccc(CNc2cc(C#N)cc(F)c2C)o1. The first-order chi connectivity index (χ1) is 10.0. The van der Waals surface area contributed by atoms with Crippen molar-refractivity contribution >= 4 is 11.7 Å². The number of furan rings is 1. The lowest BCUT2D eigenvalue weighted by atomic mass is 10.1. The van der Waals surface area contributed by atoms with E-state index in [1.165, 1.54) is 19.2 Å². The Labute approximate surface area is 120 Å². The monoisotopic (exact) mass is 288 g/mol. The summed E-state index contributed by atoms with van der Waals surface area (Å²) in [5.74, 6) is -0.415. The van der Waals surface area contributed by atoms with Crippen LogP contribution in [0, 0.1) is 24.1 Å². The molecule has 1 heterocycles. The molecule has 1 aromatic carbocycles. The minimum Gasteiger partial charge on any atom is -0.463 e. The standard InChI is InChI=1S/C15H13FN2O3/c1-9-12(16)5-10(7-17)6-13(9)18-8-11-3-4-14(21-11)15(19)20-2/h3-6,18H,8H2,1-2H3. The second kappa shape index (κ2) is 6.09. The molecule has 2 rings (SSSR count). The van der Waals surface area contributed by atoms with Crippen LogP contribution in [-0.2, 0) is 11.3 Å². The van der Waals surface area contributed by atoms with E-state index in [-0.39, 0.29) is 17.9 Å². The van der Waals surface area contributed by atoms with Crippen molar-refractivity contribution in [2.24, 2.45) is 0 Å². The molecule has 0 saturated carbocycles. The number of carbonyl (C=O) groups is 1. The van der Waals surface area contributed by atoms with Gasteiger partial charge in [0, 0.05) is 11.3 Å². The van der Waals surface area contributed by atoms with Crippen molar-refractivity contribution in [3.8, 4) is 6.07 Å². The van der Waals surface area contributed by atoms with Crippen molar-refractivity contribution in [2.45, 2.75) is 13.5 Å². The van der Waals surface area contributed by atoms with Crippen molar-refractivity contribution in [3.63, 3.8) is 0 Å². The van der Waals surface area contributed by atoms with Crippen LogP contribution < -0.4 is 5.32 Å². The summed E-state index contributed by atoms with van der Waals surface area (Å²) in [6, 6.07) is 7.76. The topological polar surface area (TPSA) is 75.3 Å². The number of nitrogens with zero attached hydrogens (tertiary/aromatic N) is 1. The molecule has 21 heavy (non-hydrogen) atoms. The highest BCUT2D eigenvalue weighted by atomic mass is 19.1. The van der Waals surface area contributed by atoms with Crippen molar-refractivity contribution in [1.82, 2.24) is 0 Å². The minimum absolute atomic E-state index is 0.1000. The highest BCUT2D eigenvalue weighted by Crippen LogP contribution is 2.21. The summed E-state index contributed by atoms with van der Waals surface area (Å²) in [5, 5.41) is 11.8. The maximum atomic E-state index is 13.6. The van der Waals surface area contributed by atoms with Gasteiger partial charge in [0.15, 0.2) is 0 Å². The first kappa shape index (κ1) is 14.6. The molecule has 6 heteroatoms. The number of nitriles is 1. The number of hydrogen-bond acceptors (Lipinski definition) is 5. The molecule has 2 aromatic rings. The number of nitrogens with one attached hydrogen (secondary N) is 1. The van der Waals surface area contributed by atoms with Gasteiger partial charge < -0.3 is 14.5 Å². The predicted molar refractivity (Wildman–Crippen MR) is 73.2 cm³/mol. The Bertz CT molecular complexity index is 716. The molecule has 0 fully saturated rings. The lowest BCUT2D eigenvalue weighted by Crippen LogP contribution is -2.03. The fourth-order valence-corrected chi connectivity index (χ4v) is 1.79. The average molecular weight is 288 g/mol.